The van der Waals surface area contributed by atoms with Crippen LogP contribution >= 0.6 is 11.8 Å². The molecule has 0 radical (unpaired) electrons. The Hall–Kier alpha value is -0.970. The van der Waals surface area contributed by atoms with E-state index in [9.17, 15) is 20.4 Å². The van der Waals surface area contributed by atoms with Crippen molar-refractivity contribution in [2.24, 2.45) is 0 Å². The van der Waals surface area contributed by atoms with Crippen LogP contribution in [0.15, 0.2) is 40.8 Å². The van der Waals surface area contributed by atoms with Crippen molar-refractivity contribution in [2.45, 2.75) is 79.3 Å². The molecule has 2 aliphatic heterocycles. The van der Waals surface area contributed by atoms with Gasteiger partial charge in [0.05, 0.1) is 30.0 Å². The molecule has 0 aromatic heterocycles. The first-order valence-corrected chi connectivity index (χ1v) is 11.0. The molecule has 9 unspecified atom stereocenters. The largest absolute Gasteiger partial charge is 0.390 e. The summed E-state index contributed by atoms with van der Waals surface area (Å²) < 4.78 is 11.8. The van der Waals surface area contributed by atoms with Gasteiger partial charge in [-0.3, -0.25) is 0 Å². The molecule has 1 aromatic carbocycles. The highest BCUT2D eigenvalue weighted by atomic mass is 32.2. The molecule has 0 spiro atoms. The molecule has 1 aliphatic carbocycles. The van der Waals surface area contributed by atoms with Crippen LogP contribution < -0.4 is 5.32 Å². The Labute approximate surface area is 174 Å². The number of aryl methyl sites for hydroxylation is 1. The molecule has 2 bridgehead atoms. The summed E-state index contributed by atoms with van der Waals surface area (Å²) in [5.41, 5.74) is 1.83. The minimum absolute atomic E-state index is 0.333. The van der Waals surface area contributed by atoms with Crippen LogP contribution in [0.2, 0.25) is 0 Å². The molecule has 0 saturated carbocycles. The average Bonchev–Trinajstić information content (AvgIpc) is 3.16. The predicted molar refractivity (Wildman–Crippen MR) is 109 cm³/mol. The number of aliphatic hydroxyl groups is 4. The van der Waals surface area contributed by atoms with Crippen LogP contribution in [0.5, 0.6) is 0 Å². The van der Waals surface area contributed by atoms with Gasteiger partial charge in [0.25, 0.3) is 0 Å². The summed E-state index contributed by atoms with van der Waals surface area (Å²) in [5, 5.41) is 44.8. The Bertz CT molecular complexity index is 743. The van der Waals surface area contributed by atoms with Crippen molar-refractivity contribution in [3.63, 3.8) is 0 Å². The van der Waals surface area contributed by atoms with E-state index in [0.717, 1.165) is 10.5 Å². The highest BCUT2D eigenvalue weighted by molar-refractivity contribution is 8.00. The maximum absolute atomic E-state index is 11.1. The molecule has 4 rings (SSSR count). The Morgan fingerprint density at radius 1 is 1.07 bits per heavy atom. The lowest BCUT2D eigenvalue weighted by Gasteiger charge is -2.42. The third-order valence-corrected chi connectivity index (χ3v) is 7.33. The summed E-state index contributed by atoms with van der Waals surface area (Å²) in [6.45, 7) is 4.26. The second kappa shape index (κ2) is 8.64. The first kappa shape index (κ1) is 21.3. The lowest BCUT2D eigenvalue weighted by Crippen LogP contribution is -2.64. The third kappa shape index (κ3) is 4.13. The van der Waals surface area contributed by atoms with Crippen molar-refractivity contribution < 1.29 is 29.9 Å². The summed E-state index contributed by atoms with van der Waals surface area (Å²) in [4.78, 5) is 1.01. The van der Waals surface area contributed by atoms with Crippen LogP contribution in [-0.2, 0) is 9.47 Å². The number of aliphatic hydroxyl groups excluding tert-OH is 4. The second-order valence-corrected chi connectivity index (χ2v) is 9.25. The molecule has 0 amide bonds. The zero-order chi connectivity index (χ0) is 20.7. The molecule has 3 aliphatic rings. The fourth-order valence-corrected chi connectivity index (χ4v) is 5.40. The van der Waals surface area contributed by atoms with Gasteiger partial charge in [-0.15, -0.1) is 11.8 Å². The van der Waals surface area contributed by atoms with E-state index in [-0.39, 0.29) is 11.4 Å². The number of hydrogen-bond donors (Lipinski definition) is 5. The van der Waals surface area contributed by atoms with Gasteiger partial charge in [0, 0.05) is 4.90 Å². The Kier molecular flexibility index (Phi) is 6.34. The van der Waals surface area contributed by atoms with Crippen molar-refractivity contribution >= 4 is 11.8 Å². The molecular weight excluding hydrogens is 394 g/mol. The Morgan fingerprint density at radius 3 is 2.48 bits per heavy atom. The summed E-state index contributed by atoms with van der Waals surface area (Å²) in [5.74, 6) is 0. The monoisotopic (exact) mass is 423 g/mol. The van der Waals surface area contributed by atoms with Crippen LogP contribution in [0.4, 0.5) is 0 Å². The number of benzene rings is 1. The fourth-order valence-electron chi connectivity index (χ4n) is 4.23. The number of rotatable bonds is 5. The summed E-state index contributed by atoms with van der Waals surface area (Å²) in [6.07, 6.45) is -2.85. The molecule has 2 saturated heterocycles. The van der Waals surface area contributed by atoms with Gasteiger partial charge in [0.1, 0.15) is 24.4 Å². The van der Waals surface area contributed by atoms with Gasteiger partial charge in [-0.25, -0.2) is 0 Å². The molecule has 29 heavy (non-hydrogen) atoms. The summed E-state index contributed by atoms with van der Waals surface area (Å²) in [7, 11) is 0. The lowest BCUT2D eigenvalue weighted by molar-refractivity contribution is -0.128. The third-order valence-electron chi connectivity index (χ3n) is 6.01. The molecule has 2 fully saturated rings. The molecule has 5 N–H and O–H groups in total. The van der Waals surface area contributed by atoms with Crippen LogP contribution in [0.25, 0.3) is 0 Å². The minimum Gasteiger partial charge on any atom is -0.390 e. The molecule has 9 atom stereocenters. The van der Waals surface area contributed by atoms with E-state index in [0.29, 0.717) is 18.6 Å². The lowest BCUT2D eigenvalue weighted by atomic mass is 9.85. The number of ether oxygens (including phenoxy) is 2. The molecule has 2 heterocycles. The molecule has 8 heteroatoms. The molecular formula is C21H29NO6S. The first-order chi connectivity index (χ1) is 13.9. The van der Waals surface area contributed by atoms with E-state index < -0.39 is 42.8 Å². The van der Waals surface area contributed by atoms with Crippen molar-refractivity contribution in [3.05, 3.63) is 41.5 Å². The van der Waals surface area contributed by atoms with Gasteiger partial charge in [-0.05, 0) is 31.1 Å². The number of fused-ring (bicyclic) bond motifs is 2. The van der Waals surface area contributed by atoms with E-state index in [2.05, 4.69) is 5.32 Å². The van der Waals surface area contributed by atoms with Gasteiger partial charge in [0.2, 0.25) is 0 Å². The van der Waals surface area contributed by atoms with Gasteiger partial charge in [-0.1, -0.05) is 30.7 Å². The van der Waals surface area contributed by atoms with Crippen molar-refractivity contribution in [1.82, 2.24) is 5.32 Å². The van der Waals surface area contributed by atoms with Crippen molar-refractivity contribution in [2.75, 3.05) is 6.61 Å². The Balaban J connectivity index is 1.52. The van der Waals surface area contributed by atoms with E-state index >= 15 is 0 Å². The van der Waals surface area contributed by atoms with Crippen LogP contribution in [0.1, 0.15) is 18.9 Å². The summed E-state index contributed by atoms with van der Waals surface area (Å²) in [6, 6.07) is 6.98. The van der Waals surface area contributed by atoms with Crippen LogP contribution in [-0.4, -0.2) is 81.2 Å². The smallest absolute Gasteiger partial charge is 0.172 e. The number of hydrogen-bond acceptors (Lipinski definition) is 8. The van der Waals surface area contributed by atoms with E-state index in [1.165, 1.54) is 11.8 Å². The van der Waals surface area contributed by atoms with E-state index in [1.807, 2.05) is 38.1 Å². The number of thioether (sulfide) groups is 1. The Morgan fingerprint density at radius 2 is 1.79 bits per heavy atom. The van der Waals surface area contributed by atoms with Gasteiger partial charge < -0.3 is 35.2 Å². The highest BCUT2D eigenvalue weighted by Crippen LogP contribution is 2.39. The molecule has 160 valence electrons. The van der Waals surface area contributed by atoms with Crippen molar-refractivity contribution in [3.8, 4) is 0 Å². The first-order valence-electron chi connectivity index (χ1n) is 10.1. The zero-order valence-electron chi connectivity index (χ0n) is 16.5. The zero-order valence-corrected chi connectivity index (χ0v) is 17.3. The average molecular weight is 424 g/mol. The minimum atomic E-state index is -1.28. The fraction of sp³-hybridized carbons (Fsp3) is 0.619. The predicted octanol–water partition coefficient (Wildman–Crippen LogP) is 0.331. The SMILES string of the molecule is CCC1=CC(NC2C3COC(O3)C(Sc3ccc(C)cc3)C2O)C(O)C(O)C1O. The molecule has 7 nitrogen and oxygen atoms in total. The quantitative estimate of drug-likeness (QED) is 0.431. The topological polar surface area (TPSA) is 111 Å². The van der Waals surface area contributed by atoms with Crippen LogP contribution in [0.3, 0.4) is 0 Å². The van der Waals surface area contributed by atoms with Gasteiger partial charge in [0.15, 0.2) is 6.29 Å². The molecule has 1 aromatic rings. The maximum Gasteiger partial charge on any atom is 0.172 e. The maximum atomic E-state index is 11.1. The van der Waals surface area contributed by atoms with Crippen molar-refractivity contribution in [1.29, 1.82) is 0 Å². The van der Waals surface area contributed by atoms with E-state index in [1.54, 1.807) is 6.08 Å². The number of nitrogens with one attached hydrogen (secondary N) is 1. The highest BCUT2D eigenvalue weighted by Gasteiger charge is 2.51. The normalized spacial score (nSPS) is 42.0. The summed E-state index contributed by atoms with van der Waals surface area (Å²) >= 11 is 1.51. The van der Waals surface area contributed by atoms with Gasteiger partial charge >= 0.3 is 0 Å². The van der Waals surface area contributed by atoms with Gasteiger partial charge in [-0.2, -0.15) is 0 Å². The second-order valence-electron chi connectivity index (χ2n) is 8.00. The standard InChI is InChI=1S/C21H29NO6S/c1-3-11-8-13(17(24)19(26)16(11)23)22-15-14-9-27-21(28-14)20(18(15)25)29-12-6-4-10(2)5-7-12/h4-8,13-26H,3,9H2,1-2H3. The van der Waals surface area contributed by atoms with E-state index in [4.69, 9.17) is 9.47 Å². The van der Waals surface area contributed by atoms with Crippen LogP contribution in [0, 0.1) is 6.92 Å².